The fraction of sp³-hybridized carbons (Fsp3) is 0.308. The van der Waals surface area contributed by atoms with Gasteiger partial charge in [0.15, 0.2) is 0 Å². The Morgan fingerprint density at radius 2 is 0.859 bits per heavy atom. The van der Waals surface area contributed by atoms with Crippen LogP contribution in [0.15, 0.2) is 146 Å². The number of hydrogen-bond donors (Lipinski definition) is 2. The second-order valence-electron chi connectivity index (χ2n) is 15.6. The van der Waals surface area contributed by atoms with E-state index in [1.807, 2.05) is 146 Å². The van der Waals surface area contributed by atoms with Crippen molar-refractivity contribution in [2.24, 2.45) is 0 Å². The van der Waals surface area contributed by atoms with Gasteiger partial charge in [0.1, 0.15) is 24.7 Å². The molecule has 4 heterocycles. The van der Waals surface area contributed by atoms with Crippen molar-refractivity contribution in [1.82, 2.24) is 30.4 Å². The summed E-state index contributed by atoms with van der Waals surface area (Å²) in [6.07, 6.45) is 4.16. The van der Waals surface area contributed by atoms with Crippen LogP contribution in [0.1, 0.15) is 22.5 Å². The second-order valence-corrected chi connectivity index (χ2v) is 15.6. The van der Waals surface area contributed by atoms with E-state index in [1.54, 1.807) is 0 Å². The third kappa shape index (κ3) is 15.4. The molecule has 4 aromatic carbocycles. The Kier molecular flexibility index (Phi) is 17.8. The van der Waals surface area contributed by atoms with Crippen LogP contribution in [0, 0.1) is 0 Å². The van der Waals surface area contributed by atoms with Gasteiger partial charge in [-0.25, -0.2) is 0 Å². The van der Waals surface area contributed by atoms with E-state index in [0.29, 0.717) is 26.3 Å². The third-order valence-electron chi connectivity index (χ3n) is 10.9. The summed E-state index contributed by atoms with van der Waals surface area (Å²) in [5, 5.41) is 5.87. The van der Waals surface area contributed by atoms with Crippen LogP contribution in [0.5, 0.6) is 11.5 Å². The summed E-state index contributed by atoms with van der Waals surface area (Å²) in [6, 6.07) is 43.7. The summed E-state index contributed by atoms with van der Waals surface area (Å²) in [5.74, 6) is 1.66. The van der Waals surface area contributed by atoms with Crippen molar-refractivity contribution in [2.45, 2.75) is 25.9 Å². The molecule has 2 aromatic heterocycles. The lowest BCUT2D eigenvalue weighted by Gasteiger charge is -2.26. The molecule has 0 saturated carbocycles. The number of ether oxygens (including phenoxy) is 4. The van der Waals surface area contributed by atoms with Gasteiger partial charge in [0.2, 0.25) is 11.8 Å². The minimum atomic E-state index is -0.0346. The van der Waals surface area contributed by atoms with E-state index in [4.69, 9.17) is 18.9 Å². The molecule has 12 nitrogen and oxygen atoms in total. The molecule has 2 fully saturated rings. The van der Waals surface area contributed by atoms with Crippen LogP contribution in [0.2, 0.25) is 0 Å². The largest absolute Gasteiger partial charge is 0.492 e. The molecular formula is C52H58N6O6. The molecule has 332 valence electrons. The zero-order chi connectivity index (χ0) is 44.0. The first kappa shape index (κ1) is 45.6. The lowest BCUT2D eigenvalue weighted by atomic mass is 10.1. The highest BCUT2D eigenvalue weighted by Crippen LogP contribution is 2.24. The maximum Gasteiger partial charge on any atom is 0.226 e. The Labute approximate surface area is 376 Å². The van der Waals surface area contributed by atoms with E-state index in [2.05, 4.69) is 30.4 Å². The summed E-state index contributed by atoms with van der Waals surface area (Å²) in [4.78, 5) is 38.0. The summed E-state index contributed by atoms with van der Waals surface area (Å²) in [5.41, 5.74) is 7.83. The maximum atomic E-state index is 12.2. The average Bonchev–Trinajstić information content (AvgIpc) is 3.35. The van der Waals surface area contributed by atoms with Gasteiger partial charge in [0.05, 0.1) is 39.3 Å². The van der Waals surface area contributed by atoms with Gasteiger partial charge in [-0.1, -0.05) is 97.1 Å². The quantitative estimate of drug-likeness (QED) is 0.0972. The van der Waals surface area contributed by atoms with E-state index in [0.717, 1.165) is 122 Å². The number of hydrogen-bond acceptors (Lipinski definition) is 10. The Bertz CT molecular complexity index is 2100. The zero-order valence-corrected chi connectivity index (χ0v) is 36.4. The Balaban J connectivity index is 0.000000191. The number of carbonyl (C=O) groups is 2. The Morgan fingerprint density at radius 3 is 1.22 bits per heavy atom. The van der Waals surface area contributed by atoms with E-state index < -0.39 is 0 Å². The third-order valence-corrected chi connectivity index (χ3v) is 10.9. The topological polar surface area (TPSA) is 127 Å². The molecule has 8 rings (SSSR count). The minimum absolute atomic E-state index is 0.0346. The van der Waals surface area contributed by atoms with Gasteiger partial charge in [-0.15, -0.1) is 0 Å². The molecule has 64 heavy (non-hydrogen) atoms. The number of aromatic nitrogens is 2. The molecule has 12 heteroatoms. The van der Waals surface area contributed by atoms with Gasteiger partial charge in [0.25, 0.3) is 0 Å². The van der Waals surface area contributed by atoms with Gasteiger partial charge in [-0.05, 0) is 58.7 Å². The molecule has 0 unspecified atom stereocenters. The molecule has 2 N–H and O–H groups in total. The van der Waals surface area contributed by atoms with Gasteiger partial charge < -0.3 is 29.6 Å². The minimum Gasteiger partial charge on any atom is -0.492 e. The molecule has 0 aliphatic carbocycles. The molecule has 6 aromatic rings. The highest BCUT2D eigenvalue weighted by molar-refractivity contribution is 5.79. The van der Waals surface area contributed by atoms with Crippen LogP contribution >= 0.6 is 0 Å². The fourth-order valence-corrected chi connectivity index (χ4v) is 7.17. The van der Waals surface area contributed by atoms with E-state index in [9.17, 15) is 9.59 Å². The number of nitrogens with zero attached hydrogens (tertiary/aromatic N) is 4. The van der Waals surface area contributed by atoms with Gasteiger partial charge in [-0.2, -0.15) is 0 Å². The normalized spacial score (nSPS) is 14.1. The molecular weight excluding hydrogens is 805 g/mol. The summed E-state index contributed by atoms with van der Waals surface area (Å²) in [6.45, 7) is 11.3. The maximum absolute atomic E-state index is 12.2. The van der Waals surface area contributed by atoms with Crippen molar-refractivity contribution in [3.63, 3.8) is 0 Å². The lowest BCUT2D eigenvalue weighted by molar-refractivity contribution is -0.121. The van der Waals surface area contributed by atoms with Crippen LogP contribution < -0.4 is 20.1 Å². The standard InChI is InChI=1S/2C26H29N3O3/c2*30-26(28-19-21-4-2-1-3-5-21)18-24-9-6-23(20-27-24)22-7-10-25(11-8-22)32-17-14-29-12-15-31-16-13-29/h2*1-11,20H,12-19H2,(H,28,30). The molecule has 2 aliphatic heterocycles. The van der Waals surface area contributed by atoms with Gasteiger partial charge in [-0.3, -0.25) is 29.4 Å². The molecule has 2 aliphatic rings. The van der Waals surface area contributed by atoms with Crippen LogP contribution in [0.4, 0.5) is 0 Å². The van der Waals surface area contributed by atoms with Crippen LogP contribution in [-0.2, 0) is 45.0 Å². The van der Waals surface area contributed by atoms with Crippen LogP contribution in [-0.4, -0.2) is 110 Å². The number of morpholine rings is 2. The van der Waals surface area contributed by atoms with Crippen LogP contribution in [0.25, 0.3) is 22.3 Å². The predicted octanol–water partition coefficient (Wildman–Crippen LogP) is 6.64. The highest BCUT2D eigenvalue weighted by atomic mass is 16.5. The zero-order valence-electron chi connectivity index (χ0n) is 36.4. The SMILES string of the molecule is O=C(Cc1ccc(-c2ccc(OCCN3CCOCC3)cc2)cn1)NCc1ccccc1.O=C(Cc1ccc(-c2ccc(OCCN3CCOCC3)cc2)cn1)NCc1ccccc1. The van der Waals surface area contributed by atoms with Crippen molar-refractivity contribution in [1.29, 1.82) is 0 Å². The Hall–Kier alpha value is -6.44. The first-order valence-corrected chi connectivity index (χ1v) is 22.1. The molecule has 2 amide bonds. The molecule has 0 radical (unpaired) electrons. The molecule has 0 spiro atoms. The number of nitrogens with one attached hydrogen (secondary N) is 2. The summed E-state index contributed by atoms with van der Waals surface area (Å²) >= 11 is 0. The molecule has 0 bridgehead atoms. The van der Waals surface area contributed by atoms with Crippen molar-refractivity contribution in [2.75, 3.05) is 78.9 Å². The predicted molar refractivity (Wildman–Crippen MR) is 249 cm³/mol. The number of rotatable bonds is 18. The number of benzene rings is 4. The van der Waals surface area contributed by atoms with Crippen molar-refractivity contribution in [3.8, 4) is 33.8 Å². The number of amides is 2. The van der Waals surface area contributed by atoms with Gasteiger partial charge in [0, 0.05) is 87.3 Å². The van der Waals surface area contributed by atoms with Crippen molar-refractivity contribution >= 4 is 11.8 Å². The number of carbonyl (C=O) groups excluding carboxylic acids is 2. The molecule has 0 atom stereocenters. The van der Waals surface area contributed by atoms with E-state index in [-0.39, 0.29) is 24.7 Å². The monoisotopic (exact) mass is 862 g/mol. The first-order chi connectivity index (χ1) is 31.5. The summed E-state index contributed by atoms with van der Waals surface area (Å²) in [7, 11) is 0. The smallest absolute Gasteiger partial charge is 0.226 e. The van der Waals surface area contributed by atoms with Crippen molar-refractivity contribution in [3.05, 3.63) is 168 Å². The second kappa shape index (κ2) is 25.0. The molecule has 2 saturated heterocycles. The first-order valence-electron chi connectivity index (χ1n) is 22.1. The highest BCUT2D eigenvalue weighted by Gasteiger charge is 2.12. The van der Waals surface area contributed by atoms with Gasteiger partial charge >= 0.3 is 0 Å². The van der Waals surface area contributed by atoms with E-state index in [1.165, 1.54) is 0 Å². The lowest BCUT2D eigenvalue weighted by Crippen LogP contribution is -2.38. The summed E-state index contributed by atoms with van der Waals surface area (Å²) < 4.78 is 22.5. The van der Waals surface area contributed by atoms with E-state index >= 15 is 0 Å². The average molecular weight is 863 g/mol. The number of pyridine rings is 2. The Morgan fingerprint density at radius 1 is 0.484 bits per heavy atom. The van der Waals surface area contributed by atoms with Crippen molar-refractivity contribution < 1.29 is 28.5 Å². The van der Waals surface area contributed by atoms with Crippen LogP contribution in [0.3, 0.4) is 0 Å². The fourth-order valence-electron chi connectivity index (χ4n) is 7.17.